The van der Waals surface area contributed by atoms with Gasteiger partial charge in [0.25, 0.3) is 0 Å². The van der Waals surface area contributed by atoms with E-state index in [1.165, 1.54) is 15.8 Å². The molecular formula is C18H23FN4OS. The standard InChI is InChI=1S/C18H23FN4OS/c1-23(2)17(24)13-22-18(21-12-15-7-5-11-25-15)20-10-9-14-6-3-4-8-16(14)19/h3-8,11H,9-10,12-13H2,1-2H3,(H2,20,21,22). The summed E-state index contributed by atoms with van der Waals surface area (Å²) < 4.78 is 13.7. The number of hydrogen-bond acceptors (Lipinski definition) is 3. The van der Waals surface area contributed by atoms with Gasteiger partial charge < -0.3 is 15.5 Å². The van der Waals surface area contributed by atoms with Gasteiger partial charge in [-0.15, -0.1) is 11.3 Å². The minimum atomic E-state index is -0.211. The van der Waals surface area contributed by atoms with Crippen LogP contribution in [0.25, 0.3) is 0 Å². The van der Waals surface area contributed by atoms with Gasteiger partial charge in [0.1, 0.15) is 12.4 Å². The van der Waals surface area contributed by atoms with Gasteiger partial charge in [-0.25, -0.2) is 9.38 Å². The summed E-state index contributed by atoms with van der Waals surface area (Å²) in [5, 5.41) is 8.37. The lowest BCUT2D eigenvalue weighted by molar-refractivity contribution is -0.127. The number of aliphatic imine (C=N–C) groups is 1. The number of nitrogens with zero attached hydrogens (tertiary/aromatic N) is 2. The molecule has 0 saturated carbocycles. The SMILES string of the molecule is CN(C)C(=O)CN=C(NCCc1ccccc1F)NCc1cccs1. The number of amides is 1. The van der Waals surface area contributed by atoms with E-state index in [1.807, 2.05) is 23.6 Å². The Bertz CT molecular complexity index is 701. The number of hydrogen-bond donors (Lipinski definition) is 2. The molecule has 0 aliphatic rings. The minimum absolute atomic E-state index is 0.0620. The summed E-state index contributed by atoms with van der Waals surface area (Å²) in [5.41, 5.74) is 0.650. The number of benzene rings is 1. The van der Waals surface area contributed by atoms with Gasteiger partial charge in [-0.1, -0.05) is 24.3 Å². The first-order chi connectivity index (χ1) is 12.1. The van der Waals surface area contributed by atoms with Crippen molar-refractivity contribution in [2.75, 3.05) is 27.2 Å². The number of carbonyl (C=O) groups excluding carboxylic acids is 1. The van der Waals surface area contributed by atoms with Crippen LogP contribution in [0.3, 0.4) is 0 Å². The third kappa shape index (κ3) is 6.54. The molecule has 0 radical (unpaired) electrons. The molecule has 25 heavy (non-hydrogen) atoms. The van der Waals surface area contributed by atoms with Crippen molar-refractivity contribution in [1.29, 1.82) is 0 Å². The quantitative estimate of drug-likeness (QED) is 0.587. The van der Waals surface area contributed by atoms with Crippen molar-refractivity contribution in [1.82, 2.24) is 15.5 Å². The first-order valence-corrected chi connectivity index (χ1v) is 8.92. The molecule has 1 amide bonds. The molecule has 1 heterocycles. The number of rotatable bonds is 7. The predicted octanol–water partition coefficient (Wildman–Crippen LogP) is 2.25. The zero-order valence-corrected chi connectivity index (χ0v) is 15.3. The van der Waals surface area contributed by atoms with E-state index in [2.05, 4.69) is 15.6 Å². The van der Waals surface area contributed by atoms with Crippen LogP contribution in [0.4, 0.5) is 4.39 Å². The lowest BCUT2D eigenvalue weighted by Gasteiger charge is -2.13. The summed E-state index contributed by atoms with van der Waals surface area (Å²) in [7, 11) is 3.39. The van der Waals surface area contributed by atoms with Gasteiger partial charge >= 0.3 is 0 Å². The van der Waals surface area contributed by atoms with E-state index in [4.69, 9.17) is 0 Å². The zero-order chi connectivity index (χ0) is 18.1. The first kappa shape index (κ1) is 18.9. The molecule has 134 valence electrons. The highest BCUT2D eigenvalue weighted by Gasteiger charge is 2.06. The molecule has 2 rings (SSSR count). The Labute approximate surface area is 151 Å². The number of guanidine groups is 1. The Balaban J connectivity index is 1.91. The summed E-state index contributed by atoms with van der Waals surface area (Å²) in [6.45, 7) is 1.21. The number of halogens is 1. The van der Waals surface area contributed by atoms with Crippen LogP contribution < -0.4 is 10.6 Å². The molecule has 0 aliphatic carbocycles. The second kappa shape index (κ2) is 9.78. The molecule has 1 aromatic carbocycles. The third-order valence-electron chi connectivity index (χ3n) is 3.53. The molecule has 0 atom stereocenters. The Kier molecular flexibility index (Phi) is 7.40. The fourth-order valence-corrected chi connectivity index (χ4v) is 2.71. The number of carbonyl (C=O) groups is 1. The van der Waals surface area contributed by atoms with Crippen molar-refractivity contribution in [3.8, 4) is 0 Å². The maximum absolute atomic E-state index is 13.7. The van der Waals surface area contributed by atoms with E-state index >= 15 is 0 Å². The number of likely N-dealkylation sites (N-methyl/N-ethyl adjacent to an activating group) is 1. The smallest absolute Gasteiger partial charge is 0.243 e. The van der Waals surface area contributed by atoms with E-state index in [0.29, 0.717) is 31.0 Å². The van der Waals surface area contributed by atoms with Gasteiger partial charge in [0.2, 0.25) is 5.91 Å². The van der Waals surface area contributed by atoms with Gasteiger partial charge in [-0.2, -0.15) is 0 Å². The second-order valence-corrected chi connectivity index (χ2v) is 6.69. The number of nitrogens with one attached hydrogen (secondary N) is 2. The van der Waals surface area contributed by atoms with Gasteiger partial charge in [-0.05, 0) is 29.5 Å². The van der Waals surface area contributed by atoms with Crippen LogP contribution in [-0.4, -0.2) is 44.0 Å². The molecule has 5 nitrogen and oxygen atoms in total. The highest BCUT2D eigenvalue weighted by atomic mass is 32.1. The van der Waals surface area contributed by atoms with Crippen LogP contribution in [0.15, 0.2) is 46.8 Å². The zero-order valence-electron chi connectivity index (χ0n) is 14.5. The molecule has 1 aromatic heterocycles. The average molecular weight is 362 g/mol. The fourth-order valence-electron chi connectivity index (χ4n) is 2.06. The molecular weight excluding hydrogens is 339 g/mol. The maximum Gasteiger partial charge on any atom is 0.243 e. The minimum Gasteiger partial charge on any atom is -0.356 e. The van der Waals surface area contributed by atoms with Gasteiger partial charge in [0, 0.05) is 25.5 Å². The Hall–Kier alpha value is -2.41. The highest BCUT2D eigenvalue weighted by molar-refractivity contribution is 7.09. The normalized spacial score (nSPS) is 11.2. The average Bonchev–Trinajstić information content (AvgIpc) is 3.11. The molecule has 7 heteroatoms. The van der Waals surface area contributed by atoms with Crippen molar-refractivity contribution in [3.05, 3.63) is 58.0 Å². The van der Waals surface area contributed by atoms with Crippen molar-refractivity contribution in [2.45, 2.75) is 13.0 Å². The Morgan fingerprint density at radius 2 is 2.00 bits per heavy atom. The maximum atomic E-state index is 13.7. The van der Waals surface area contributed by atoms with Crippen LogP contribution in [0.1, 0.15) is 10.4 Å². The third-order valence-corrected chi connectivity index (χ3v) is 4.40. The molecule has 0 bridgehead atoms. The topological polar surface area (TPSA) is 56.7 Å². The van der Waals surface area contributed by atoms with Gasteiger partial charge in [0.05, 0.1) is 6.54 Å². The fraction of sp³-hybridized carbons (Fsp3) is 0.333. The van der Waals surface area contributed by atoms with Gasteiger partial charge in [0.15, 0.2) is 5.96 Å². The lowest BCUT2D eigenvalue weighted by atomic mass is 10.1. The molecule has 2 aromatic rings. The second-order valence-electron chi connectivity index (χ2n) is 5.65. The molecule has 0 saturated heterocycles. The van der Waals surface area contributed by atoms with Crippen molar-refractivity contribution in [2.24, 2.45) is 4.99 Å². The van der Waals surface area contributed by atoms with Crippen molar-refractivity contribution < 1.29 is 9.18 Å². The van der Waals surface area contributed by atoms with Crippen LogP contribution in [-0.2, 0) is 17.8 Å². The van der Waals surface area contributed by atoms with E-state index in [-0.39, 0.29) is 18.3 Å². The summed E-state index contributed by atoms with van der Waals surface area (Å²) >= 11 is 1.65. The first-order valence-electron chi connectivity index (χ1n) is 8.04. The summed E-state index contributed by atoms with van der Waals surface area (Å²) in [6, 6.07) is 10.7. The highest BCUT2D eigenvalue weighted by Crippen LogP contribution is 2.08. The largest absolute Gasteiger partial charge is 0.356 e. The summed E-state index contributed by atoms with van der Waals surface area (Å²) in [6.07, 6.45) is 0.536. The lowest BCUT2D eigenvalue weighted by Crippen LogP contribution is -2.39. The summed E-state index contributed by atoms with van der Waals surface area (Å²) in [4.78, 5) is 18.7. The molecule has 0 spiro atoms. The Morgan fingerprint density at radius 3 is 2.68 bits per heavy atom. The Morgan fingerprint density at radius 1 is 1.20 bits per heavy atom. The van der Waals surface area contributed by atoms with E-state index in [0.717, 1.165) is 0 Å². The van der Waals surface area contributed by atoms with E-state index in [9.17, 15) is 9.18 Å². The van der Waals surface area contributed by atoms with Crippen molar-refractivity contribution >= 4 is 23.2 Å². The van der Waals surface area contributed by atoms with Crippen molar-refractivity contribution in [3.63, 3.8) is 0 Å². The molecule has 2 N–H and O–H groups in total. The van der Waals surface area contributed by atoms with E-state index in [1.54, 1.807) is 37.6 Å². The van der Waals surface area contributed by atoms with Crippen LogP contribution in [0.5, 0.6) is 0 Å². The van der Waals surface area contributed by atoms with Crippen LogP contribution in [0, 0.1) is 5.82 Å². The summed E-state index contributed by atoms with van der Waals surface area (Å²) in [5.74, 6) is 0.253. The molecule has 0 unspecified atom stereocenters. The van der Waals surface area contributed by atoms with Crippen LogP contribution in [0.2, 0.25) is 0 Å². The van der Waals surface area contributed by atoms with E-state index < -0.39 is 0 Å². The van der Waals surface area contributed by atoms with Crippen LogP contribution >= 0.6 is 11.3 Å². The van der Waals surface area contributed by atoms with Gasteiger partial charge in [-0.3, -0.25) is 4.79 Å². The monoisotopic (exact) mass is 362 g/mol. The number of thiophene rings is 1. The molecule has 0 fully saturated rings. The predicted molar refractivity (Wildman–Crippen MR) is 100 cm³/mol. The molecule has 0 aliphatic heterocycles.